The fraction of sp³-hybridized carbons (Fsp3) is 0.231. The number of hydrogen-bond donors (Lipinski definition) is 2. The van der Waals surface area contributed by atoms with E-state index in [1.54, 1.807) is 13.3 Å². The first-order chi connectivity index (χ1) is 9.67. The second kappa shape index (κ2) is 4.86. The Bertz CT molecular complexity index is 648. The molecule has 0 fully saturated rings. The lowest BCUT2D eigenvalue weighted by molar-refractivity contribution is -0.0173. The summed E-state index contributed by atoms with van der Waals surface area (Å²) < 4.78 is 16.2. The second-order valence-electron chi connectivity index (χ2n) is 4.31. The van der Waals surface area contributed by atoms with Crippen molar-refractivity contribution in [3.05, 3.63) is 24.4 Å². The third-order valence-corrected chi connectivity index (χ3v) is 2.91. The van der Waals surface area contributed by atoms with E-state index in [2.05, 4.69) is 9.97 Å². The summed E-state index contributed by atoms with van der Waals surface area (Å²) in [6.07, 6.45) is 1.16. The molecule has 0 aliphatic carbocycles. The molecule has 7 nitrogen and oxygen atoms in total. The third-order valence-electron chi connectivity index (χ3n) is 2.91. The molecule has 0 bridgehead atoms. The lowest BCUT2D eigenvalue weighted by atomic mass is 10.1. The molecule has 2 heterocycles. The van der Waals surface area contributed by atoms with Crippen LogP contribution < -0.4 is 20.9 Å². The quantitative estimate of drug-likeness (QED) is 0.861. The van der Waals surface area contributed by atoms with Crippen LogP contribution in [0.5, 0.6) is 11.5 Å². The van der Waals surface area contributed by atoms with Gasteiger partial charge in [0.25, 0.3) is 6.29 Å². The first-order valence-corrected chi connectivity index (χ1v) is 6.02. The van der Waals surface area contributed by atoms with Crippen LogP contribution in [0.1, 0.15) is 0 Å². The number of aromatic nitrogens is 2. The Morgan fingerprint density at radius 3 is 2.80 bits per heavy atom. The average molecular weight is 274 g/mol. The van der Waals surface area contributed by atoms with Crippen molar-refractivity contribution < 1.29 is 14.2 Å². The highest BCUT2D eigenvalue weighted by molar-refractivity contribution is 5.75. The highest BCUT2D eigenvalue weighted by Gasteiger charge is 2.24. The second-order valence-corrected chi connectivity index (χ2v) is 4.31. The number of nitrogens with two attached hydrogens (primary N) is 2. The van der Waals surface area contributed by atoms with Gasteiger partial charge >= 0.3 is 0 Å². The van der Waals surface area contributed by atoms with Gasteiger partial charge in [-0.2, -0.15) is 4.98 Å². The number of nitrogen functional groups attached to an aromatic ring is 2. The number of anilines is 2. The summed E-state index contributed by atoms with van der Waals surface area (Å²) in [7, 11) is 1.59. The van der Waals surface area contributed by atoms with Crippen molar-refractivity contribution in [2.75, 3.05) is 25.2 Å². The van der Waals surface area contributed by atoms with Crippen LogP contribution in [0.25, 0.3) is 11.1 Å². The van der Waals surface area contributed by atoms with E-state index in [4.69, 9.17) is 25.7 Å². The van der Waals surface area contributed by atoms with E-state index in [1.807, 2.05) is 18.2 Å². The number of benzene rings is 1. The predicted octanol–water partition coefficient (Wildman–Crippen LogP) is 1.05. The molecule has 7 heteroatoms. The Balaban J connectivity index is 1.92. The molecule has 0 radical (unpaired) electrons. The summed E-state index contributed by atoms with van der Waals surface area (Å²) in [5.74, 6) is 1.78. The Morgan fingerprint density at radius 2 is 2.05 bits per heavy atom. The van der Waals surface area contributed by atoms with E-state index in [9.17, 15) is 0 Å². The van der Waals surface area contributed by atoms with Gasteiger partial charge in [0, 0.05) is 18.9 Å². The number of fused-ring (bicyclic) bond motifs is 1. The normalized spacial score (nSPS) is 16.4. The zero-order valence-corrected chi connectivity index (χ0v) is 10.9. The summed E-state index contributed by atoms with van der Waals surface area (Å²) in [5.41, 5.74) is 12.9. The molecule has 1 unspecified atom stereocenters. The topological polar surface area (TPSA) is 106 Å². The minimum atomic E-state index is -0.426. The van der Waals surface area contributed by atoms with Gasteiger partial charge in [-0.15, -0.1) is 0 Å². The fourth-order valence-electron chi connectivity index (χ4n) is 2.01. The van der Waals surface area contributed by atoms with E-state index >= 15 is 0 Å². The average Bonchev–Trinajstić information content (AvgIpc) is 2.80. The maximum Gasteiger partial charge on any atom is 0.264 e. The molecular formula is C13H14N4O3. The summed E-state index contributed by atoms with van der Waals surface area (Å²) in [4.78, 5) is 7.89. The summed E-state index contributed by atoms with van der Waals surface area (Å²) in [6.45, 7) is 0.358. The van der Waals surface area contributed by atoms with Crippen LogP contribution in [0.15, 0.2) is 24.4 Å². The van der Waals surface area contributed by atoms with Crippen LogP contribution in [-0.4, -0.2) is 30.0 Å². The number of rotatable bonds is 3. The molecule has 2 aromatic rings. The molecule has 0 saturated carbocycles. The van der Waals surface area contributed by atoms with E-state index < -0.39 is 6.29 Å². The minimum absolute atomic E-state index is 0.146. The van der Waals surface area contributed by atoms with Crippen LogP contribution in [0.4, 0.5) is 11.8 Å². The van der Waals surface area contributed by atoms with Crippen LogP contribution in [0.2, 0.25) is 0 Å². The Labute approximate surface area is 115 Å². The van der Waals surface area contributed by atoms with Crippen molar-refractivity contribution in [3.63, 3.8) is 0 Å². The van der Waals surface area contributed by atoms with Crippen molar-refractivity contribution in [2.24, 2.45) is 0 Å². The smallest absolute Gasteiger partial charge is 0.264 e. The maximum absolute atomic E-state index is 5.85. The molecule has 0 amide bonds. The van der Waals surface area contributed by atoms with E-state index in [1.165, 1.54) is 0 Å². The van der Waals surface area contributed by atoms with E-state index in [-0.39, 0.29) is 5.95 Å². The van der Waals surface area contributed by atoms with E-state index in [0.29, 0.717) is 29.5 Å². The third kappa shape index (κ3) is 2.19. The molecule has 3 rings (SSSR count). The lowest BCUT2D eigenvalue weighted by Crippen LogP contribution is -2.23. The molecule has 1 aliphatic rings. The fourth-order valence-corrected chi connectivity index (χ4v) is 2.01. The van der Waals surface area contributed by atoms with Gasteiger partial charge in [-0.1, -0.05) is 6.07 Å². The van der Waals surface area contributed by atoms with Crippen LogP contribution in [-0.2, 0) is 4.74 Å². The summed E-state index contributed by atoms with van der Waals surface area (Å²) >= 11 is 0. The van der Waals surface area contributed by atoms with Gasteiger partial charge in [0.15, 0.2) is 11.5 Å². The maximum atomic E-state index is 5.85. The van der Waals surface area contributed by atoms with Gasteiger partial charge in [-0.05, 0) is 17.7 Å². The standard InChI is InChI=1S/C13H14N4O3/c1-18-6-11-19-9-3-2-7(4-10(9)20-11)8-5-16-13(15)17-12(8)14/h2-5,11H,6H2,1H3,(H4,14,15,16,17). The zero-order chi connectivity index (χ0) is 14.1. The molecule has 104 valence electrons. The van der Waals surface area contributed by atoms with Gasteiger partial charge in [0.1, 0.15) is 12.4 Å². The SMILES string of the molecule is COCC1Oc2ccc(-c3cnc(N)nc3N)cc2O1. The highest BCUT2D eigenvalue weighted by atomic mass is 16.7. The largest absolute Gasteiger partial charge is 0.448 e. The molecule has 4 N–H and O–H groups in total. The first-order valence-electron chi connectivity index (χ1n) is 6.02. The summed E-state index contributed by atoms with van der Waals surface area (Å²) in [6, 6.07) is 5.51. The van der Waals surface area contributed by atoms with Crippen LogP contribution >= 0.6 is 0 Å². The molecule has 0 saturated heterocycles. The Morgan fingerprint density at radius 1 is 1.25 bits per heavy atom. The number of ether oxygens (including phenoxy) is 3. The molecule has 1 aromatic carbocycles. The van der Waals surface area contributed by atoms with Crippen LogP contribution in [0, 0.1) is 0 Å². The molecule has 0 spiro atoms. The highest BCUT2D eigenvalue weighted by Crippen LogP contribution is 2.38. The van der Waals surface area contributed by atoms with Crippen molar-refractivity contribution in [1.82, 2.24) is 9.97 Å². The van der Waals surface area contributed by atoms with Crippen molar-refractivity contribution in [2.45, 2.75) is 6.29 Å². The number of methoxy groups -OCH3 is 1. The van der Waals surface area contributed by atoms with Gasteiger partial charge in [0.05, 0.1) is 0 Å². The van der Waals surface area contributed by atoms with Crippen molar-refractivity contribution in [3.8, 4) is 22.6 Å². The molecule has 1 atom stereocenters. The zero-order valence-electron chi connectivity index (χ0n) is 10.9. The van der Waals surface area contributed by atoms with Crippen molar-refractivity contribution >= 4 is 11.8 Å². The molecule has 1 aliphatic heterocycles. The monoisotopic (exact) mass is 274 g/mol. The van der Waals surface area contributed by atoms with Gasteiger partial charge in [-0.25, -0.2) is 4.98 Å². The van der Waals surface area contributed by atoms with Crippen LogP contribution in [0.3, 0.4) is 0 Å². The van der Waals surface area contributed by atoms with Gasteiger partial charge < -0.3 is 25.7 Å². The molecular weight excluding hydrogens is 260 g/mol. The number of hydrogen-bond acceptors (Lipinski definition) is 7. The van der Waals surface area contributed by atoms with Gasteiger partial charge in [-0.3, -0.25) is 0 Å². The summed E-state index contributed by atoms with van der Waals surface area (Å²) in [5, 5.41) is 0. The molecule has 20 heavy (non-hydrogen) atoms. The van der Waals surface area contributed by atoms with Crippen molar-refractivity contribution in [1.29, 1.82) is 0 Å². The van der Waals surface area contributed by atoms with E-state index in [0.717, 1.165) is 5.56 Å². The minimum Gasteiger partial charge on any atom is -0.448 e. The first kappa shape index (κ1) is 12.5. The Kier molecular flexibility index (Phi) is 3.03. The Hall–Kier alpha value is -2.54. The lowest BCUT2D eigenvalue weighted by Gasteiger charge is -2.07. The number of nitrogens with zero attached hydrogens (tertiary/aromatic N) is 2. The molecule has 1 aromatic heterocycles. The predicted molar refractivity (Wildman–Crippen MR) is 73.2 cm³/mol. The van der Waals surface area contributed by atoms with Gasteiger partial charge in [0.2, 0.25) is 5.95 Å².